The molecule has 1 N–H and O–H groups in total. The molecule has 2 saturated heterocycles. The Bertz CT molecular complexity index is 1330. The van der Waals surface area contributed by atoms with Gasteiger partial charge in [-0.3, -0.25) is 9.62 Å². The maximum atomic E-state index is 14.3. The molecule has 4 aliphatic rings. The van der Waals surface area contributed by atoms with Crippen LogP contribution >= 0.6 is 0 Å². The Morgan fingerprint density at radius 2 is 1.92 bits per heavy atom. The molecule has 9 heteroatoms. The lowest BCUT2D eigenvalue weighted by Crippen LogP contribution is -2.43. The first-order valence-corrected chi connectivity index (χ1v) is 14.7. The second-order valence-corrected chi connectivity index (χ2v) is 12.6. The fraction of sp³-hybridized carbons (Fsp3) is 0.536. The second-order valence-electron chi connectivity index (χ2n) is 10.9. The average molecular weight is 529 g/mol. The van der Waals surface area contributed by atoms with Crippen molar-refractivity contribution in [1.82, 2.24) is 4.90 Å². The summed E-state index contributed by atoms with van der Waals surface area (Å²) in [4.78, 5) is 15.3. The number of halogens is 1. The highest BCUT2D eigenvalue weighted by molar-refractivity contribution is 7.92. The molecule has 0 aromatic heterocycles. The molecule has 3 heterocycles. The number of hydrogen-bond acceptors (Lipinski definition) is 6. The quantitative estimate of drug-likeness (QED) is 0.524. The summed E-state index contributed by atoms with van der Waals surface area (Å²) in [5.41, 5.74) is 1.57. The first kappa shape index (κ1) is 24.7. The van der Waals surface area contributed by atoms with Crippen LogP contribution in [0.15, 0.2) is 35.2 Å². The molecule has 1 saturated carbocycles. The third-order valence-electron chi connectivity index (χ3n) is 8.75. The fourth-order valence-corrected chi connectivity index (χ4v) is 8.29. The van der Waals surface area contributed by atoms with E-state index in [-0.39, 0.29) is 16.1 Å². The largest absolute Gasteiger partial charge is 0.492 e. The molecule has 37 heavy (non-hydrogen) atoms. The molecule has 4 atom stereocenters. The highest BCUT2D eigenvalue weighted by atomic mass is 32.2. The number of benzene rings is 2. The Morgan fingerprint density at radius 1 is 1.16 bits per heavy atom. The minimum absolute atomic E-state index is 0.0379. The number of fused-ring (bicyclic) bond motifs is 5. The Hall–Kier alpha value is -2.65. The molecule has 3 aliphatic heterocycles. The van der Waals surface area contributed by atoms with E-state index in [1.54, 1.807) is 6.07 Å². The zero-order valence-electron chi connectivity index (χ0n) is 21.2. The molecule has 0 radical (unpaired) electrons. The van der Waals surface area contributed by atoms with Gasteiger partial charge in [0.05, 0.1) is 24.3 Å². The van der Waals surface area contributed by atoms with E-state index in [1.807, 2.05) is 6.07 Å². The van der Waals surface area contributed by atoms with Crippen molar-refractivity contribution in [2.45, 2.75) is 68.3 Å². The van der Waals surface area contributed by atoms with Gasteiger partial charge in [0, 0.05) is 18.0 Å². The van der Waals surface area contributed by atoms with Crippen LogP contribution in [0.3, 0.4) is 0 Å². The molecule has 0 amide bonds. The highest BCUT2D eigenvalue weighted by Crippen LogP contribution is 2.55. The molecule has 1 aliphatic carbocycles. The maximum absolute atomic E-state index is 14.3. The monoisotopic (exact) mass is 528 g/mol. The van der Waals surface area contributed by atoms with Crippen molar-refractivity contribution in [3.05, 3.63) is 52.8 Å². The molecular weight excluding hydrogens is 495 g/mol. The fourth-order valence-electron chi connectivity index (χ4n) is 6.99. The topological polar surface area (TPSA) is 84.9 Å². The first-order valence-electron chi connectivity index (χ1n) is 13.2. The molecule has 6 rings (SSSR count). The summed E-state index contributed by atoms with van der Waals surface area (Å²) in [6.45, 7) is 3.71. The zero-order chi connectivity index (χ0) is 25.9. The standard InChI is InChI=1S/C28H33FN2O5S/c1-3-31-20-5-6-21(31)12-16(11-20)10-17-13-19(29)4-9-25(17)37(33,34)30-24-8-7-22-23-14-18(23)15-36-27(22)26(24)28(32)35-2/h4,7-9,13,16,18,20-21,23,30H,3,5-6,10-12,14-15H2,1-2H3/t16?,18-,20?,21?,23-/m0/s1. The minimum atomic E-state index is -4.12. The van der Waals surface area contributed by atoms with Crippen molar-refractivity contribution in [1.29, 1.82) is 0 Å². The Kier molecular flexibility index (Phi) is 6.18. The number of sulfonamides is 1. The van der Waals surface area contributed by atoms with Crippen LogP contribution in [0, 0.1) is 17.7 Å². The van der Waals surface area contributed by atoms with Gasteiger partial charge < -0.3 is 9.47 Å². The molecule has 2 unspecified atom stereocenters. The first-order chi connectivity index (χ1) is 17.8. The SMILES string of the molecule is CCN1C2CCC1CC(Cc1cc(F)ccc1S(=O)(=O)Nc1ccc3c(c1C(=O)OC)OC[C@@H]1C[C@H]31)C2. The van der Waals surface area contributed by atoms with E-state index in [2.05, 4.69) is 16.5 Å². The van der Waals surface area contributed by atoms with Gasteiger partial charge in [-0.05, 0) is 92.3 Å². The minimum Gasteiger partial charge on any atom is -0.492 e. The molecule has 3 fully saturated rings. The Labute approximate surface area is 217 Å². The summed E-state index contributed by atoms with van der Waals surface area (Å²) in [6.07, 6.45) is 5.82. The van der Waals surface area contributed by atoms with Gasteiger partial charge in [-0.15, -0.1) is 0 Å². The van der Waals surface area contributed by atoms with Gasteiger partial charge in [0.1, 0.15) is 17.1 Å². The number of ether oxygens (including phenoxy) is 2. The van der Waals surface area contributed by atoms with Crippen LogP contribution in [-0.4, -0.2) is 51.6 Å². The van der Waals surface area contributed by atoms with E-state index < -0.39 is 21.8 Å². The zero-order valence-corrected chi connectivity index (χ0v) is 22.0. The second kappa shape index (κ2) is 9.27. The summed E-state index contributed by atoms with van der Waals surface area (Å²) in [6, 6.07) is 8.30. The van der Waals surface area contributed by atoms with E-state index in [4.69, 9.17) is 9.47 Å². The van der Waals surface area contributed by atoms with Crippen molar-refractivity contribution >= 4 is 21.7 Å². The number of nitrogens with zero attached hydrogens (tertiary/aromatic N) is 1. The number of hydrogen-bond donors (Lipinski definition) is 1. The van der Waals surface area contributed by atoms with Gasteiger partial charge in [-0.1, -0.05) is 13.0 Å². The van der Waals surface area contributed by atoms with Gasteiger partial charge >= 0.3 is 5.97 Å². The van der Waals surface area contributed by atoms with E-state index in [0.717, 1.165) is 31.4 Å². The van der Waals surface area contributed by atoms with Gasteiger partial charge in [-0.2, -0.15) is 0 Å². The molecule has 2 aromatic carbocycles. The van der Waals surface area contributed by atoms with Crippen LogP contribution in [0.5, 0.6) is 5.75 Å². The van der Waals surface area contributed by atoms with Gasteiger partial charge in [0.2, 0.25) is 0 Å². The van der Waals surface area contributed by atoms with Crippen LogP contribution in [-0.2, 0) is 21.2 Å². The summed E-state index contributed by atoms with van der Waals surface area (Å²) >= 11 is 0. The van der Waals surface area contributed by atoms with Crippen LogP contribution < -0.4 is 9.46 Å². The third kappa shape index (κ3) is 4.40. The van der Waals surface area contributed by atoms with Crippen molar-refractivity contribution in [3.63, 3.8) is 0 Å². The number of methoxy groups -OCH3 is 1. The smallest absolute Gasteiger partial charge is 0.343 e. The van der Waals surface area contributed by atoms with Crippen LogP contribution in [0.1, 0.15) is 66.4 Å². The van der Waals surface area contributed by atoms with Crippen molar-refractivity contribution in [2.75, 3.05) is 25.0 Å². The van der Waals surface area contributed by atoms with Crippen molar-refractivity contribution in [2.24, 2.45) is 11.8 Å². The van der Waals surface area contributed by atoms with E-state index in [9.17, 15) is 17.6 Å². The van der Waals surface area contributed by atoms with Crippen LogP contribution in [0.4, 0.5) is 10.1 Å². The number of anilines is 1. The van der Waals surface area contributed by atoms with E-state index >= 15 is 0 Å². The lowest BCUT2D eigenvalue weighted by molar-refractivity contribution is 0.0596. The number of rotatable bonds is 7. The number of carbonyl (C=O) groups excluding carboxylic acids is 1. The summed E-state index contributed by atoms with van der Waals surface area (Å²) in [5, 5.41) is 0. The third-order valence-corrected chi connectivity index (χ3v) is 10.2. The van der Waals surface area contributed by atoms with Gasteiger partial charge in [0.25, 0.3) is 10.0 Å². The van der Waals surface area contributed by atoms with E-state index in [0.29, 0.717) is 54.2 Å². The number of piperidine rings is 1. The molecule has 7 nitrogen and oxygen atoms in total. The highest BCUT2D eigenvalue weighted by Gasteiger charge is 2.46. The molecule has 0 spiro atoms. The molecular formula is C28H33FN2O5S. The molecule has 198 valence electrons. The Balaban J connectivity index is 1.31. The number of nitrogens with one attached hydrogen (secondary N) is 1. The molecule has 2 aromatic rings. The maximum Gasteiger partial charge on any atom is 0.343 e. The molecule has 2 bridgehead atoms. The predicted molar refractivity (Wildman–Crippen MR) is 137 cm³/mol. The van der Waals surface area contributed by atoms with Crippen LogP contribution in [0.2, 0.25) is 0 Å². The Morgan fingerprint density at radius 3 is 2.62 bits per heavy atom. The summed E-state index contributed by atoms with van der Waals surface area (Å²) in [5.74, 6) is 0.344. The summed E-state index contributed by atoms with van der Waals surface area (Å²) < 4.78 is 55.2. The van der Waals surface area contributed by atoms with Gasteiger partial charge in [0.15, 0.2) is 0 Å². The summed E-state index contributed by atoms with van der Waals surface area (Å²) in [7, 11) is -2.86. The normalized spacial score (nSPS) is 28.1. The van der Waals surface area contributed by atoms with E-state index in [1.165, 1.54) is 38.2 Å². The number of esters is 1. The van der Waals surface area contributed by atoms with Gasteiger partial charge in [-0.25, -0.2) is 17.6 Å². The average Bonchev–Trinajstić information content (AvgIpc) is 3.62. The lowest BCUT2D eigenvalue weighted by atomic mass is 9.86. The predicted octanol–water partition coefficient (Wildman–Crippen LogP) is 4.71. The van der Waals surface area contributed by atoms with Crippen molar-refractivity contribution < 1.29 is 27.1 Å². The lowest BCUT2D eigenvalue weighted by Gasteiger charge is -2.38. The van der Waals surface area contributed by atoms with Crippen molar-refractivity contribution in [3.8, 4) is 5.75 Å². The number of carbonyl (C=O) groups is 1. The van der Waals surface area contributed by atoms with Crippen LogP contribution in [0.25, 0.3) is 0 Å².